The predicted molar refractivity (Wildman–Crippen MR) is 94.5 cm³/mol. The number of rotatable bonds is 3. The lowest BCUT2D eigenvalue weighted by atomic mass is 9.92. The fourth-order valence-corrected chi connectivity index (χ4v) is 3.12. The fraction of sp³-hybridized carbons (Fsp3) is 0.0556. The molecule has 0 fully saturated rings. The highest BCUT2D eigenvalue weighted by molar-refractivity contribution is 6.40. The molecule has 2 aromatic carbocycles. The van der Waals surface area contributed by atoms with Crippen molar-refractivity contribution in [2.75, 3.05) is 6.54 Å². The summed E-state index contributed by atoms with van der Waals surface area (Å²) in [7, 11) is 0. The van der Waals surface area contributed by atoms with Crippen molar-refractivity contribution in [1.29, 1.82) is 0 Å². The number of carbonyl (C=O) groups is 3. The second-order valence-corrected chi connectivity index (χ2v) is 6.14. The molecule has 0 bridgehead atoms. The number of carbonyl (C=O) groups excluding carboxylic acids is 2. The van der Waals surface area contributed by atoms with Crippen LogP contribution in [0.5, 0.6) is 0 Å². The summed E-state index contributed by atoms with van der Waals surface area (Å²) in [5.41, 5.74) is 1.24. The average molecular weight is 376 g/mol. The molecule has 2 amide bonds. The van der Waals surface area contributed by atoms with E-state index in [1.807, 2.05) is 0 Å². The quantitative estimate of drug-likeness (QED) is 0.656. The maximum absolute atomic E-state index is 12.7. The van der Waals surface area contributed by atoms with Crippen molar-refractivity contribution in [2.45, 2.75) is 0 Å². The predicted octanol–water partition coefficient (Wildman–Crippen LogP) is 3.60. The van der Waals surface area contributed by atoms with Gasteiger partial charge in [0.1, 0.15) is 6.54 Å². The van der Waals surface area contributed by atoms with Crippen molar-refractivity contribution in [3.8, 4) is 0 Å². The van der Waals surface area contributed by atoms with Gasteiger partial charge in [0, 0.05) is 26.7 Å². The Labute approximate surface area is 153 Å². The van der Waals surface area contributed by atoms with E-state index in [1.54, 1.807) is 42.5 Å². The Morgan fingerprint density at radius 3 is 2.16 bits per heavy atom. The molecule has 0 atom stereocenters. The Morgan fingerprint density at radius 2 is 1.56 bits per heavy atom. The van der Waals surface area contributed by atoms with Crippen molar-refractivity contribution < 1.29 is 19.5 Å². The molecular formula is C18H11Cl2NO4. The largest absolute Gasteiger partial charge is 0.480 e. The average Bonchev–Trinajstić information content (AvgIpc) is 2.57. The molecule has 0 radical (unpaired) electrons. The van der Waals surface area contributed by atoms with Gasteiger partial charge in [-0.2, -0.15) is 0 Å². The molecule has 126 valence electrons. The molecule has 1 heterocycles. The van der Waals surface area contributed by atoms with Gasteiger partial charge in [0.15, 0.2) is 0 Å². The van der Waals surface area contributed by atoms with Crippen LogP contribution in [-0.2, 0) is 9.59 Å². The van der Waals surface area contributed by atoms with Gasteiger partial charge in [-0.3, -0.25) is 19.3 Å². The highest BCUT2D eigenvalue weighted by atomic mass is 35.5. The molecule has 0 aliphatic carbocycles. The van der Waals surface area contributed by atoms with Crippen LogP contribution in [0.1, 0.15) is 21.5 Å². The number of hydrogen-bond donors (Lipinski definition) is 1. The maximum atomic E-state index is 12.7. The molecule has 1 aliphatic heterocycles. The molecule has 1 N–H and O–H groups in total. The molecule has 7 heteroatoms. The first-order chi connectivity index (χ1) is 11.9. The number of benzene rings is 2. The Bertz CT molecular complexity index is 916. The van der Waals surface area contributed by atoms with E-state index in [9.17, 15) is 14.4 Å². The van der Waals surface area contributed by atoms with Crippen LogP contribution in [0, 0.1) is 0 Å². The van der Waals surface area contributed by atoms with E-state index < -0.39 is 24.3 Å². The van der Waals surface area contributed by atoms with E-state index in [0.717, 1.165) is 0 Å². The lowest BCUT2D eigenvalue weighted by molar-refractivity contribution is -0.141. The first-order valence-electron chi connectivity index (χ1n) is 7.23. The number of carboxylic acid groups (broad SMARTS) is 1. The van der Waals surface area contributed by atoms with Crippen molar-refractivity contribution >= 4 is 52.6 Å². The van der Waals surface area contributed by atoms with Crippen LogP contribution in [0.15, 0.2) is 42.5 Å². The molecule has 5 nitrogen and oxygen atoms in total. The highest BCUT2D eigenvalue weighted by Gasteiger charge is 2.35. The van der Waals surface area contributed by atoms with Gasteiger partial charge >= 0.3 is 5.97 Å². The standard InChI is InChI=1S/C18H11Cl2NO4/c19-14-6-3-7-15(20)13(14)8-12-10-4-1-2-5-11(10)17(24)21(18(12)25)9-16(22)23/h1-8H,9H2,(H,22,23)/b12-8-. The minimum atomic E-state index is -1.28. The fourth-order valence-electron chi connectivity index (χ4n) is 2.61. The third kappa shape index (κ3) is 3.16. The zero-order chi connectivity index (χ0) is 18.1. The molecule has 0 unspecified atom stereocenters. The van der Waals surface area contributed by atoms with E-state index in [0.29, 0.717) is 26.1 Å². The molecule has 0 spiro atoms. The van der Waals surface area contributed by atoms with Gasteiger partial charge in [-0.05, 0) is 29.8 Å². The Hall–Kier alpha value is -2.63. The Kier molecular flexibility index (Phi) is 4.61. The second-order valence-electron chi connectivity index (χ2n) is 5.33. The summed E-state index contributed by atoms with van der Waals surface area (Å²) in [4.78, 5) is 36.9. The second kappa shape index (κ2) is 6.70. The monoisotopic (exact) mass is 375 g/mol. The number of halogens is 2. The van der Waals surface area contributed by atoms with Crippen LogP contribution in [0.2, 0.25) is 10.0 Å². The van der Waals surface area contributed by atoms with Crippen LogP contribution in [-0.4, -0.2) is 34.3 Å². The molecular weight excluding hydrogens is 365 g/mol. The number of carboxylic acids is 1. The van der Waals surface area contributed by atoms with Crippen molar-refractivity contribution in [3.05, 3.63) is 69.2 Å². The zero-order valence-corrected chi connectivity index (χ0v) is 14.2. The summed E-state index contributed by atoms with van der Waals surface area (Å²) in [5.74, 6) is -2.64. The molecule has 0 saturated heterocycles. The van der Waals surface area contributed by atoms with Crippen molar-refractivity contribution in [3.63, 3.8) is 0 Å². The van der Waals surface area contributed by atoms with E-state index in [1.165, 1.54) is 6.08 Å². The molecule has 1 aliphatic rings. The third-order valence-corrected chi connectivity index (χ3v) is 4.41. The lowest BCUT2D eigenvalue weighted by Gasteiger charge is -2.27. The first-order valence-corrected chi connectivity index (χ1v) is 7.99. The summed E-state index contributed by atoms with van der Waals surface area (Å²) in [6, 6.07) is 11.4. The van der Waals surface area contributed by atoms with Gasteiger partial charge in [-0.1, -0.05) is 47.5 Å². The summed E-state index contributed by atoms with van der Waals surface area (Å²) in [6.45, 7) is -0.723. The Balaban J connectivity index is 2.22. The van der Waals surface area contributed by atoms with Crippen molar-refractivity contribution in [2.24, 2.45) is 0 Å². The summed E-state index contributed by atoms with van der Waals surface area (Å²) < 4.78 is 0. The smallest absolute Gasteiger partial charge is 0.323 e. The van der Waals surface area contributed by atoms with Gasteiger partial charge in [-0.25, -0.2) is 0 Å². The normalized spacial score (nSPS) is 15.4. The maximum Gasteiger partial charge on any atom is 0.323 e. The SMILES string of the molecule is O=C(O)CN1C(=O)/C(=C\c2c(Cl)cccc2Cl)c2ccccc2C1=O. The van der Waals surface area contributed by atoms with E-state index in [-0.39, 0.29) is 11.1 Å². The van der Waals surface area contributed by atoms with Crippen LogP contribution in [0.3, 0.4) is 0 Å². The van der Waals surface area contributed by atoms with E-state index >= 15 is 0 Å². The topological polar surface area (TPSA) is 74.7 Å². The van der Waals surface area contributed by atoms with Gasteiger partial charge in [-0.15, -0.1) is 0 Å². The molecule has 2 aromatic rings. The molecule has 0 saturated carbocycles. The highest BCUT2D eigenvalue weighted by Crippen LogP contribution is 2.34. The number of nitrogens with zero attached hydrogens (tertiary/aromatic N) is 1. The van der Waals surface area contributed by atoms with Crippen LogP contribution in [0.4, 0.5) is 0 Å². The van der Waals surface area contributed by atoms with Gasteiger partial charge < -0.3 is 5.11 Å². The molecule has 0 aromatic heterocycles. The lowest BCUT2D eigenvalue weighted by Crippen LogP contribution is -2.44. The van der Waals surface area contributed by atoms with Crippen LogP contribution >= 0.6 is 23.2 Å². The van der Waals surface area contributed by atoms with Gasteiger partial charge in [0.25, 0.3) is 11.8 Å². The minimum Gasteiger partial charge on any atom is -0.480 e. The van der Waals surface area contributed by atoms with Gasteiger partial charge in [0.2, 0.25) is 0 Å². The number of hydrogen-bond acceptors (Lipinski definition) is 3. The molecule has 3 rings (SSSR count). The van der Waals surface area contributed by atoms with Crippen molar-refractivity contribution in [1.82, 2.24) is 4.90 Å². The summed E-state index contributed by atoms with van der Waals surface area (Å²) in [5, 5.41) is 9.69. The van der Waals surface area contributed by atoms with E-state index in [4.69, 9.17) is 28.3 Å². The van der Waals surface area contributed by atoms with Gasteiger partial charge in [0.05, 0.1) is 0 Å². The summed E-state index contributed by atoms with van der Waals surface area (Å²) >= 11 is 12.3. The number of fused-ring (bicyclic) bond motifs is 1. The molecule has 25 heavy (non-hydrogen) atoms. The third-order valence-electron chi connectivity index (χ3n) is 3.75. The van der Waals surface area contributed by atoms with Crippen LogP contribution < -0.4 is 0 Å². The minimum absolute atomic E-state index is 0.159. The summed E-state index contributed by atoms with van der Waals surface area (Å²) in [6.07, 6.45) is 1.48. The Morgan fingerprint density at radius 1 is 0.960 bits per heavy atom. The first kappa shape index (κ1) is 17.2. The van der Waals surface area contributed by atoms with Crippen LogP contribution in [0.25, 0.3) is 11.6 Å². The number of amides is 2. The van der Waals surface area contributed by atoms with E-state index in [2.05, 4.69) is 0 Å². The number of aliphatic carboxylic acids is 1. The zero-order valence-electron chi connectivity index (χ0n) is 12.7. The number of imide groups is 1.